The summed E-state index contributed by atoms with van der Waals surface area (Å²) in [4.78, 5) is 2.98. The number of likely N-dealkylation sites (tertiary alicyclic amines) is 1. The molecule has 1 aliphatic heterocycles. The van der Waals surface area contributed by atoms with Gasteiger partial charge in [-0.3, -0.25) is 0 Å². The van der Waals surface area contributed by atoms with E-state index in [4.69, 9.17) is 0 Å². The summed E-state index contributed by atoms with van der Waals surface area (Å²) in [6.07, 6.45) is 6.67. The van der Waals surface area contributed by atoms with Gasteiger partial charge in [-0.05, 0) is 68.3 Å². The molecule has 1 aliphatic carbocycles. The van der Waals surface area contributed by atoms with E-state index < -0.39 is 10.0 Å². The first-order valence-electron chi connectivity index (χ1n) is 9.05. The van der Waals surface area contributed by atoms with Crippen LogP contribution in [0.5, 0.6) is 0 Å². The Labute approximate surface area is 146 Å². The van der Waals surface area contributed by atoms with E-state index in [1.807, 2.05) is 24.3 Å². The van der Waals surface area contributed by atoms with Crippen LogP contribution in [0, 0.1) is 5.92 Å². The van der Waals surface area contributed by atoms with Crippen LogP contribution in [-0.2, 0) is 16.4 Å². The largest absolute Gasteiger partial charge is 0.303 e. The molecule has 0 aromatic heterocycles. The lowest BCUT2D eigenvalue weighted by Crippen LogP contribution is -2.36. The minimum atomic E-state index is -3.35. The van der Waals surface area contributed by atoms with Gasteiger partial charge in [0.2, 0.25) is 10.0 Å². The van der Waals surface area contributed by atoms with Gasteiger partial charge in [-0.1, -0.05) is 31.2 Å². The Kier molecular flexibility index (Phi) is 5.74. The molecule has 0 amide bonds. The molecule has 0 bridgehead atoms. The first-order chi connectivity index (χ1) is 11.5. The van der Waals surface area contributed by atoms with E-state index in [2.05, 4.69) is 22.6 Å². The van der Waals surface area contributed by atoms with Gasteiger partial charge in [0.05, 0.1) is 4.91 Å². The Morgan fingerprint density at radius 1 is 1.25 bits per heavy atom. The predicted octanol–water partition coefficient (Wildman–Crippen LogP) is 3.02. The minimum Gasteiger partial charge on any atom is -0.303 e. The van der Waals surface area contributed by atoms with Gasteiger partial charge in [-0.2, -0.15) is 0 Å². The van der Waals surface area contributed by atoms with E-state index >= 15 is 0 Å². The van der Waals surface area contributed by atoms with E-state index in [0.717, 1.165) is 44.0 Å². The number of piperidine rings is 1. The molecule has 1 atom stereocenters. The molecule has 1 heterocycles. The van der Waals surface area contributed by atoms with Crippen molar-refractivity contribution in [1.29, 1.82) is 0 Å². The van der Waals surface area contributed by atoms with Crippen molar-refractivity contribution < 1.29 is 8.42 Å². The normalized spacial score (nSPS) is 22.0. The monoisotopic (exact) mass is 348 g/mol. The zero-order valence-corrected chi connectivity index (χ0v) is 15.3. The van der Waals surface area contributed by atoms with Crippen LogP contribution in [0.4, 0.5) is 0 Å². The molecule has 5 heteroatoms. The summed E-state index contributed by atoms with van der Waals surface area (Å²) < 4.78 is 27.8. The molecular weight excluding hydrogens is 320 g/mol. The van der Waals surface area contributed by atoms with Crippen LogP contribution in [0.1, 0.15) is 43.7 Å². The Hall–Kier alpha value is -1.17. The number of benzene rings is 1. The Balaban J connectivity index is 1.51. The summed E-state index contributed by atoms with van der Waals surface area (Å²) >= 11 is 0. The van der Waals surface area contributed by atoms with Crippen LogP contribution in [0.15, 0.2) is 29.2 Å². The van der Waals surface area contributed by atoms with E-state index in [1.54, 1.807) is 0 Å². The number of fused-ring (bicyclic) bond motifs is 1. The van der Waals surface area contributed by atoms with Gasteiger partial charge in [0.15, 0.2) is 0 Å². The van der Waals surface area contributed by atoms with Crippen LogP contribution in [0.25, 0.3) is 6.08 Å². The van der Waals surface area contributed by atoms with Crippen molar-refractivity contribution in [2.45, 2.75) is 39.0 Å². The summed E-state index contributed by atoms with van der Waals surface area (Å²) in [5, 5.41) is 0. The molecule has 132 valence electrons. The number of nitrogens with zero attached hydrogens (tertiary/aromatic N) is 1. The fourth-order valence-electron chi connectivity index (χ4n) is 3.71. The average molecular weight is 349 g/mol. The summed E-state index contributed by atoms with van der Waals surface area (Å²) in [5.74, 6) is 0.767. The van der Waals surface area contributed by atoms with E-state index in [9.17, 15) is 8.42 Å². The average Bonchev–Trinajstić information content (AvgIpc) is 2.58. The summed E-state index contributed by atoms with van der Waals surface area (Å²) in [7, 11) is -3.35. The zero-order valence-electron chi connectivity index (χ0n) is 14.5. The summed E-state index contributed by atoms with van der Waals surface area (Å²) in [6.45, 7) is 6.09. The van der Waals surface area contributed by atoms with Crippen molar-refractivity contribution in [1.82, 2.24) is 9.62 Å². The van der Waals surface area contributed by atoms with Crippen LogP contribution >= 0.6 is 0 Å². The highest BCUT2D eigenvalue weighted by molar-refractivity contribution is 7.93. The molecule has 0 spiro atoms. The number of sulfonamides is 1. The van der Waals surface area contributed by atoms with E-state index in [-0.39, 0.29) is 0 Å². The quantitative estimate of drug-likeness (QED) is 0.804. The highest BCUT2D eigenvalue weighted by Gasteiger charge is 2.21. The SMILES string of the molecule is C[C@@H]1CCCN(CCCNS(=O)(=O)C2=Cc3ccccc3CC2)C1. The minimum absolute atomic E-state index is 0.520. The predicted molar refractivity (Wildman–Crippen MR) is 99.1 cm³/mol. The van der Waals surface area contributed by atoms with Crippen LogP contribution < -0.4 is 4.72 Å². The molecule has 1 fully saturated rings. The van der Waals surface area contributed by atoms with Crippen LogP contribution in [0.3, 0.4) is 0 Å². The number of rotatable bonds is 6. The highest BCUT2D eigenvalue weighted by Crippen LogP contribution is 2.26. The van der Waals surface area contributed by atoms with Crippen LogP contribution in [-0.4, -0.2) is 39.5 Å². The van der Waals surface area contributed by atoms with Crippen molar-refractivity contribution in [3.63, 3.8) is 0 Å². The molecule has 0 unspecified atom stereocenters. The van der Waals surface area contributed by atoms with E-state index in [1.165, 1.54) is 18.4 Å². The van der Waals surface area contributed by atoms with Crippen LogP contribution in [0.2, 0.25) is 0 Å². The molecule has 3 rings (SSSR count). The third-order valence-corrected chi connectivity index (χ3v) is 6.64. The van der Waals surface area contributed by atoms with Gasteiger partial charge in [0.25, 0.3) is 0 Å². The van der Waals surface area contributed by atoms with Gasteiger partial charge in [0.1, 0.15) is 0 Å². The third-order valence-electron chi connectivity index (χ3n) is 5.04. The standard InChI is InChI=1S/C19H28N2O2S/c1-16-6-4-12-21(15-16)13-5-11-20-24(22,23)19-10-9-17-7-2-3-8-18(17)14-19/h2-3,7-8,14,16,20H,4-6,9-13,15H2,1H3/t16-/m1/s1. The van der Waals surface area contributed by atoms with Crippen molar-refractivity contribution in [3.8, 4) is 0 Å². The summed E-state index contributed by atoms with van der Waals surface area (Å²) in [5.41, 5.74) is 2.27. The molecule has 0 radical (unpaired) electrons. The molecule has 24 heavy (non-hydrogen) atoms. The number of hydrogen-bond acceptors (Lipinski definition) is 3. The number of allylic oxidation sites excluding steroid dienone is 1. The lowest BCUT2D eigenvalue weighted by atomic mass is 9.98. The lowest BCUT2D eigenvalue weighted by molar-refractivity contribution is 0.182. The maximum Gasteiger partial charge on any atom is 0.236 e. The molecule has 4 nitrogen and oxygen atoms in total. The van der Waals surface area contributed by atoms with Gasteiger partial charge in [-0.15, -0.1) is 0 Å². The third kappa shape index (κ3) is 4.47. The molecule has 1 aromatic carbocycles. The van der Waals surface area contributed by atoms with Gasteiger partial charge >= 0.3 is 0 Å². The van der Waals surface area contributed by atoms with Crippen molar-refractivity contribution in [2.24, 2.45) is 5.92 Å². The first-order valence-corrected chi connectivity index (χ1v) is 10.5. The lowest BCUT2D eigenvalue weighted by Gasteiger charge is -2.30. The maximum absolute atomic E-state index is 12.5. The van der Waals surface area contributed by atoms with E-state index in [0.29, 0.717) is 17.9 Å². The highest BCUT2D eigenvalue weighted by atomic mass is 32.2. The number of aryl methyl sites for hydroxylation is 1. The number of hydrogen-bond donors (Lipinski definition) is 1. The Morgan fingerprint density at radius 2 is 2.08 bits per heavy atom. The fraction of sp³-hybridized carbons (Fsp3) is 0.579. The Bertz CT molecular complexity index is 697. The Morgan fingerprint density at radius 3 is 2.92 bits per heavy atom. The van der Waals surface area contributed by atoms with Crippen molar-refractivity contribution in [2.75, 3.05) is 26.2 Å². The fourth-order valence-corrected chi connectivity index (χ4v) is 4.96. The number of nitrogens with one attached hydrogen (secondary N) is 1. The van der Waals surface area contributed by atoms with Crippen molar-refractivity contribution >= 4 is 16.1 Å². The molecule has 1 saturated heterocycles. The molecule has 1 aromatic rings. The van der Waals surface area contributed by atoms with Gasteiger partial charge < -0.3 is 4.90 Å². The second-order valence-corrected chi connectivity index (χ2v) is 8.93. The molecule has 1 N–H and O–H groups in total. The van der Waals surface area contributed by atoms with Gasteiger partial charge in [0, 0.05) is 13.1 Å². The summed E-state index contributed by atoms with van der Waals surface area (Å²) in [6, 6.07) is 8.02. The smallest absolute Gasteiger partial charge is 0.236 e. The van der Waals surface area contributed by atoms with Crippen molar-refractivity contribution in [3.05, 3.63) is 40.3 Å². The topological polar surface area (TPSA) is 49.4 Å². The molecule has 0 saturated carbocycles. The second-order valence-electron chi connectivity index (χ2n) is 7.11. The zero-order chi connectivity index (χ0) is 17.0. The first kappa shape index (κ1) is 17.6. The maximum atomic E-state index is 12.5. The molecular formula is C19H28N2O2S. The van der Waals surface area contributed by atoms with Gasteiger partial charge in [-0.25, -0.2) is 13.1 Å². The molecule has 2 aliphatic rings. The second kappa shape index (κ2) is 7.81.